The molecule has 1 N–H and O–H groups in total. The van der Waals surface area contributed by atoms with Crippen molar-refractivity contribution in [1.29, 1.82) is 0 Å². The Kier molecular flexibility index (Phi) is 4.30. The molecule has 1 heterocycles. The summed E-state index contributed by atoms with van der Waals surface area (Å²) in [5.41, 5.74) is 0.578. The molecule has 0 aliphatic carbocycles. The van der Waals surface area contributed by atoms with Gasteiger partial charge in [0.2, 0.25) is 0 Å². The van der Waals surface area contributed by atoms with Gasteiger partial charge in [-0.25, -0.2) is 0 Å². The van der Waals surface area contributed by atoms with Crippen molar-refractivity contribution >= 4 is 23.1 Å². The van der Waals surface area contributed by atoms with Crippen LogP contribution in [0.2, 0.25) is 0 Å². The lowest BCUT2D eigenvalue weighted by Gasteiger charge is -2.23. The Hall–Kier alpha value is -1.43. The number of hydrogen-bond acceptors (Lipinski definition) is 5. The van der Waals surface area contributed by atoms with Gasteiger partial charge in [-0.05, 0) is 36.5 Å². The second-order valence-electron chi connectivity index (χ2n) is 4.14. The Morgan fingerprint density at radius 3 is 2.78 bits per heavy atom. The summed E-state index contributed by atoms with van der Waals surface area (Å²) in [7, 11) is 1.45. The molecule has 0 bridgehead atoms. The number of ether oxygens (including phenoxy) is 1. The topological polar surface area (TPSA) is 64.4 Å². The Labute approximate surface area is 110 Å². The summed E-state index contributed by atoms with van der Waals surface area (Å²) in [6.45, 7) is 0. The molecule has 6 heteroatoms. The van der Waals surface area contributed by atoms with Gasteiger partial charge in [0.05, 0.1) is 12.0 Å². The second-order valence-corrected chi connectivity index (χ2v) is 5.37. The van der Waals surface area contributed by atoms with Gasteiger partial charge in [0.15, 0.2) is 5.75 Å². The van der Waals surface area contributed by atoms with Crippen LogP contribution in [0.3, 0.4) is 0 Å². The lowest BCUT2D eigenvalue weighted by Crippen LogP contribution is -2.24. The fourth-order valence-electron chi connectivity index (χ4n) is 2.05. The summed E-state index contributed by atoms with van der Waals surface area (Å²) in [6.07, 6.45) is 2.08. The van der Waals surface area contributed by atoms with Crippen molar-refractivity contribution < 1.29 is 9.66 Å². The summed E-state index contributed by atoms with van der Waals surface area (Å²) in [6, 6.07) is 5.44. The van der Waals surface area contributed by atoms with Crippen LogP contribution in [0.5, 0.6) is 5.75 Å². The molecule has 1 fully saturated rings. The van der Waals surface area contributed by atoms with Crippen molar-refractivity contribution in [3.05, 3.63) is 28.3 Å². The van der Waals surface area contributed by atoms with E-state index in [-0.39, 0.29) is 5.69 Å². The molecule has 2 rings (SSSR count). The highest BCUT2D eigenvalue weighted by molar-refractivity contribution is 7.99. The molecule has 1 aromatic carbocycles. The summed E-state index contributed by atoms with van der Waals surface area (Å²) < 4.78 is 5.05. The maximum Gasteiger partial charge on any atom is 0.333 e. The highest BCUT2D eigenvalue weighted by Crippen LogP contribution is 2.35. The molecule has 0 unspecified atom stereocenters. The Balaban J connectivity index is 2.23. The average molecular weight is 268 g/mol. The van der Waals surface area contributed by atoms with Gasteiger partial charge in [0.1, 0.15) is 5.69 Å². The van der Waals surface area contributed by atoms with E-state index >= 15 is 0 Å². The van der Waals surface area contributed by atoms with E-state index in [2.05, 4.69) is 5.32 Å². The Morgan fingerprint density at radius 2 is 2.17 bits per heavy atom. The van der Waals surface area contributed by atoms with Gasteiger partial charge in [-0.2, -0.15) is 11.8 Å². The molecule has 18 heavy (non-hydrogen) atoms. The number of nitro benzene ring substituents is 1. The van der Waals surface area contributed by atoms with Crippen LogP contribution < -0.4 is 10.1 Å². The lowest BCUT2D eigenvalue weighted by atomic mass is 10.1. The normalized spacial score (nSPS) is 16.3. The van der Waals surface area contributed by atoms with Gasteiger partial charge in [-0.15, -0.1) is 0 Å². The highest BCUT2D eigenvalue weighted by atomic mass is 32.2. The quantitative estimate of drug-likeness (QED) is 0.672. The van der Waals surface area contributed by atoms with Gasteiger partial charge < -0.3 is 10.1 Å². The minimum atomic E-state index is -0.390. The van der Waals surface area contributed by atoms with Crippen molar-refractivity contribution in [2.75, 3.05) is 23.9 Å². The maximum absolute atomic E-state index is 11.1. The monoisotopic (exact) mass is 268 g/mol. The summed E-state index contributed by atoms with van der Waals surface area (Å²) in [4.78, 5) is 10.7. The molecule has 0 spiro atoms. The third-order valence-electron chi connectivity index (χ3n) is 2.98. The van der Waals surface area contributed by atoms with Crippen LogP contribution in [0.1, 0.15) is 12.8 Å². The molecule has 0 atom stereocenters. The number of rotatable bonds is 4. The summed E-state index contributed by atoms with van der Waals surface area (Å²) >= 11 is 1.93. The zero-order chi connectivity index (χ0) is 13.0. The van der Waals surface area contributed by atoms with E-state index in [1.165, 1.54) is 7.11 Å². The van der Waals surface area contributed by atoms with Gasteiger partial charge in [-0.1, -0.05) is 6.07 Å². The Morgan fingerprint density at radius 1 is 1.44 bits per heavy atom. The van der Waals surface area contributed by atoms with Gasteiger partial charge >= 0.3 is 5.69 Å². The minimum Gasteiger partial charge on any atom is -0.490 e. The number of hydrogen-bond donors (Lipinski definition) is 1. The van der Waals surface area contributed by atoms with E-state index in [0.29, 0.717) is 17.5 Å². The first-order valence-electron chi connectivity index (χ1n) is 5.88. The second kappa shape index (κ2) is 5.95. The smallest absolute Gasteiger partial charge is 0.333 e. The molecular formula is C12H16N2O3S. The van der Waals surface area contributed by atoms with Crippen LogP contribution in [-0.2, 0) is 0 Å². The van der Waals surface area contributed by atoms with Gasteiger partial charge in [-0.3, -0.25) is 10.1 Å². The first-order chi connectivity index (χ1) is 8.72. The molecular weight excluding hydrogens is 252 g/mol. The van der Waals surface area contributed by atoms with Crippen LogP contribution in [0.25, 0.3) is 0 Å². The fraction of sp³-hybridized carbons (Fsp3) is 0.500. The largest absolute Gasteiger partial charge is 0.490 e. The van der Waals surface area contributed by atoms with Crippen molar-refractivity contribution in [2.24, 2.45) is 0 Å². The fourth-order valence-corrected chi connectivity index (χ4v) is 3.16. The number of nitrogens with one attached hydrogen (secondary N) is 1. The molecule has 0 amide bonds. The zero-order valence-electron chi connectivity index (χ0n) is 10.2. The number of methoxy groups -OCH3 is 1. The van der Waals surface area contributed by atoms with Crippen molar-refractivity contribution in [1.82, 2.24) is 0 Å². The van der Waals surface area contributed by atoms with Crippen molar-refractivity contribution in [2.45, 2.75) is 18.9 Å². The number of benzene rings is 1. The molecule has 0 saturated carbocycles. The molecule has 1 saturated heterocycles. The number of anilines is 1. The molecule has 0 radical (unpaired) electrons. The number of nitro groups is 1. The van der Waals surface area contributed by atoms with Gasteiger partial charge in [0.25, 0.3) is 0 Å². The van der Waals surface area contributed by atoms with E-state index in [4.69, 9.17) is 4.74 Å². The highest BCUT2D eigenvalue weighted by Gasteiger charge is 2.23. The lowest BCUT2D eigenvalue weighted by molar-refractivity contribution is -0.384. The standard InChI is InChI=1S/C12H16N2O3S/c1-17-11-4-2-3-10(12(11)14(15)16)13-9-5-7-18-8-6-9/h2-4,9,13H,5-8H2,1H3. The SMILES string of the molecule is COc1cccc(NC2CCSCC2)c1[N+](=O)[O-]. The van der Waals surface area contributed by atoms with Crippen LogP contribution in [0, 0.1) is 10.1 Å². The van der Waals surface area contributed by atoms with Crippen LogP contribution in [-0.4, -0.2) is 29.6 Å². The first kappa shape index (κ1) is 13.0. The molecule has 1 aliphatic heterocycles. The number of para-hydroxylation sites is 1. The minimum absolute atomic E-state index is 0.0261. The zero-order valence-corrected chi connectivity index (χ0v) is 11.0. The number of thioether (sulfide) groups is 1. The molecule has 0 aromatic heterocycles. The van der Waals surface area contributed by atoms with E-state index in [9.17, 15) is 10.1 Å². The first-order valence-corrected chi connectivity index (χ1v) is 7.03. The maximum atomic E-state index is 11.1. The molecule has 1 aliphatic rings. The summed E-state index contributed by atoms with van der Waals surface area (Å²) in [5, 5.41) is 14.4. The third-order valence-corrected chi connectivity index (χ3v) is 4.03. The third kappa shape index (κ3) is 2.87. The van der Waals surface area contributed by atoms with Crippen molar-refractivity contribution in [3.8, 4) is 5.75 Å². The Bertz CT molecular complexity index is 433. The van der Waals surface area contributed by atoms with E-state index < -0.39 is 4.92 Å². The van der Waals surface area contributed by atoms with E-state index in [0.717, 1.165) is 24.3 Å². The van der Waals surface area contributed by atoms with Crippen LogP contribution in [0.15, 0.2) is 18.2 Å². The molecule has 98 valence electrons. The predicted octanol–water partition coefficient (Wildman–Crippen LogP) is 2.91. The average Bonchev–Trinajstić information content (AvgIpc) is 2.39. The summed E-state index contributed by atoms with van der Waals surface area (Å²) in [5.74, 6) is 2.51. The van der Waals surface area contributed by atoms with Crippen molar-refractivity contribution in [3.63, 3.8) is 0 Å². The predicted molar refractivity (Wildman–Crippen MR) is 73.6 cm³/mol. The molecule has 1 aromatic rings. The van der Waals surface area contributed by atoms with E-state index in [1.54, 1.807) is 18.2 Å². The van der Waals surface area contributed by atoms with Crippen LogP contribution in [0.4, 0.5) is 11.4 Å². The van der Waals surface area contributed by atoms with Gasteiger partial charge in [0, 0.05) is 6.04 Å². The van der Waals surface area contributed by atoms with E-state index in [1.807, 2.05) is 11.8 Å². The van der Waals surface area contributed by atoms with Crippen LogP contribution >= 0.6 is 11.8 Å². The molecule has 5 nitrogen and oxygen atoms in total. The number of nitrogens with zero attached hydrogens (tertiary/aromatic N) is 1.